The highest BCUT2D eigenvalue weighted by Gasteiger charge is 2.26. The van der Waals surface area contributed by atoms with E-state index in [1.807, 2.05) is 27.7 Å². The molecule has 192 valence electrons. The maximum atomic E-state index is 13.5. The first-order valence-electron chi connectivity index (χ1n) is 10.9. The van der Waals surface area contributed by atoms with Gasteiger partial charge in [-0.2, -0.15) is 13.5 Å². The third kappa shape index (κ3) is 23.3. The van der Waals surface area contributed by atoms with Crippen molar-refractivity contribution in [1.29, 1.82) is 0 Å². The van der Waals surface area contributed by atoms with Crippen LogP contribution in [0.2, 0.25) is 0 Å². The van der Waals surface area contributed by atoms with E-state index >= 15 is 0 Å². The molecule has 0 bridgehead atoms. The number of sulfone groups is 1. The van der Waals surface area contributed by atoms with Gasteiger partial charge >= 0.3 is 0 Å². The van der Waals surface area contributed by atoms with Gasteiger partial charge in [-0.25, -0.2) is 17.2 Å². The Morgan fingerprint density at radius 3 is 2.30 bits per heavy atom. The second kappa shape index (κ2) is 25.0. The highest BCUT2D eigenvalue weighted by atomic mass is 32.2. The van der Waals surface area contributed by atoms with Gasteiger partial charge in [0.15, 0.2) is 0 Å². The van der Waals surface area contributed by atoms with Gasteiger partial charge in [0.2, 0.25) is 0 Å². The Morgan fingerprint density at radius 2 is 1.88 bits per heavy atom. The summed E-state index contributed by atoms with van der Waals surface area (Å²) in [5.74, 6) is 1.90. The molecule has 1 aliphatic heterocycles. The number of terminal acetylenes is 1. The summed E-state index contributed by atoms with van der Waals surface area (Å²) in [6.45, 7) is 15.4. The van der Waals surface area contributed by atoms with Crippen LogP contribution in [0.1, 0.15) is 54.4 Å². The molecule has 0 spiro atoms. The number of allylic oxidation sites excluding steroid dienone is 6. The van der Waals surface area contributed by atoms with E-state index in [9.17, 15) is 17.2 Å². The molecule has 0 N–H and O–H groups in total. The molecule has 3 nitrogen and oxygen atoms in total. The molecule has 1 aliphatic rings. The first kappa shape index (κ1) is 38.6. The van der Waals surface area contributed by atoms with Gasteiger partial charge < -0.3 is 0 Å². The van der Waals surface area contributed by atoms with Crippen LogP contribution in [-0.4, -0.2) is 51.1 Å². The predicted molar refractivity (Wildman–Crippen MR) is 148 cm³/mol. The van der Waals surface area contributed by atoms with Crippen LogP contribution in [0.15, 0.2) is 60.0 Å². The van der Waals surface area contributed by atoms with Crippen molar-refractivity contribution in [3.8, 4) is 12.3 Å². The minimum absolute atomic E-state index is 0. The third-order valence-electron chi connectivity index (χ3n) is 3.86. The lowest BCUT2D eigenvalue weighted by Crippen LogP contribution is -2.35. The van der Waals surface area contributed by atoms with Crippen LogP contribution in [0.4, 0.5) is 8.78 Å². The molecule has 1 atom stereocenters. The highest BCUT2D eigenvalue weighted by Crippen LogP contribution is 2.25. The summed E-state index contributed by atoms with van der Waals surface area (Å²) in [6.07, 6.45) is 16.8. The summed E-state index contributed by atoms with van der Waals surface area (Å²) in [7, 11) is -3.03. The number of halogens is 2. The number of hydrogen-bond donors (Lipinski definition) is 0. The van der Waals surface area contributed by atoms with Crippen molar-refractivity contribution in [2.75, 3.05) is 31.8 Å². The second-order valence-corrected chi connectivity index (χ2v) is 9.03. The molecule has 0 aromatic heterocycles. The molecule has 0 aromatic rings. The second-order valence-electron chi connectivity index (χ2n) is 6.77. The standard InChI is InChI=1S/C18H27F2NO2S.C3H6.C3H4.C2H6.H2S/c1-4-6-15(2)18-13-16(8-9-17(20)7-5-10-19)14-21(18)11-12-24(3,22)23;2*1-3-2;1-2;/h5-7,9,13,18H,4,8,10-12,14H2,1-3H3;3H,1H2,2H3;1H,2H3;1-2H3;1H2/b7-5-,15-6+,17-9+;;;;/t18-;;;;/m0..../s1. The van der Waals surface area contributed by atoms with Crippen molar-refractivity contribution in [3.63, 3.8) is 0 Å². The smallest absolute Gasteiger partial charge is 0.148 e. The fourth-order valence-electron chi connectivity index (χ4n) is 2.69. The van der Waals surface area contributed by atoms with Gasteiger partial charge in [-0.1, -0.05) is 56.2 Å². The van der Waals surface area contributed by atoms with Gasteiger partial charge in [-0.15, -0.1) is 18.9 Å². The van der Waals surface area contributed by atoms with Crippen LogP contribution in [-0.2, 0) is 9.84 Å². The topological polar surface area (TPSA) is 37.4 Å². The average Bonchev–Trinajstić information content (AvgIpc) is 3.15. The predicted octanol–water partition coefficient (Wildman–Crippen LogP) is 6.74. The van der Waals surface area contributed by atoms with Crippen molar-refractivity contribution < 1.29 is 17.2 Å². The quantitative estimate of drug-likeness (QED) is 0.198. The Kier molecular flexibility index (Phi) is 29.3. The first-order chi connectivity index (χ1) is 15.1. The number of nitrogens with zero attached hydrogens (tertiary/aromatic N) is 1. The molecule has 0 aliphatic carbocycles. The average molecular weight is 506 g/mol. The Hall–Kier alpha value is -1.62. The number of rotatable bonds is 9. The monoisotopic (exact) mass is 505 g/mol. The molecule has 0 amide bonds. The van der Waals surface area contributed by atoms with Crippen molar-refractivity contribution in [2.45, 2.75) is 60.4 Å². The zero-order chi connectivity index (χ0) is 25.6. The Morgan fingerprint density at radius 1 is 1.36 bits per heavy atom. The van der Waals surface area contributed by atoms with Gasteiger partial charge in [-0.3, -0.25) is 4.90 Å². The van der Waals surface area contributed by atoms with Gasteiger partial charge in [0.25, 0.3) is 0 Å². The molecule has 33 heavy (non-hydrogen) atoms. The summed E-state index contributed by atoms with van der Waals surface area (Å²) in [5, 5.41) is 0. The zero-order valence-corrected chi connectivity index (χ0v) is 23.3. The summed E-state index contributed by atoms with van der Waals surface area (Å²) < 4.78 is 48.3. The summed E-state index contributed by atoms with van der Waals surface area (Å²) >= 11 is 0. The first-order valence-corrected chi connectivity index (χ1v) is 13.0. The minimum atomic E-state index is -3.03. The van der Waals surface area contributed by atoms with Crippen molar-refractivity contribution >= 4 is 23.3 Å². The van der Waals surface area contributed by atoms with E-state index in [1.54, 1.807) is 13.0 Å². The van der Waals surface area contributed by atoms with Crippen LogP contribution in [0.25, 0.3) is 0 Å². The summed E-state index contributed by atoms with van der Waals surface area (Å²) in [6, 6.07) is 0.0551. The lowest BCUT2D eigenvalue weighted by atomic mass is 10.1. The summed E-state index contributed by atoms with van der Waals surface area (Å²) in [5.41, 5.74) is 2.21. The van der Waals surface area contributed by atoms with Gasteiger partial charge in [0, 0.05) is 25.4 Å². The lowest BCUT2D eigenvalue weighted by molar-refractivity contribution is 0.310. The van der Waals surface area contributed by atoms with Crippen LogP contribution in [0.5, 0.6) is 0 Å². The van der Waals surface area contributed by atoms with E-state index in [0.717, 1.165) is 24.1 Å². The van der Waals surface area contributed by atoms with Crippen LogP contribution < -0.4 is 0 Å². The minimum Gasteiger partial charge on any atom is -0.288 e. The normalized spacial score (nSPS) is 16.0. The van der Waals surface area contributed by atoms with Gasteiger partial charge in [0.05, 0.1) is 5.75 Å². The molecule has 1 rings (SSSR count). The van der Waals surface area contributed by atoms with E-state index in [-0.39, 0.29) is 25.3 Å². The Balaban J connectivity index is -0.000000411. The lowest BCUT2D eigenvalue weighted by Gasteiger charge is -2.25. The molecular weight excluding hydrogens is 460 g/mol. The summed E-state index contributed by atoms with van der Waals surface area (Å²) in [4.78, 5) is 2.10. The van der Waals surface area contributed by atoms with Gasteiger partial charge in [0.1, 0.15) is 22.3 Å². The van der Waals surface area contributed by atoms with Crippen molar-refractivity contribution in [2.24, 2.45) is 0 Å². The Labute approximate surface area is 209 Å². The zero-order valence-electron chi connectivity index (χ0n) is 21.5. The van der Waals surface area contributed by atoms with Crippen LogP contribution >= 0.6 is 13.5 Å². The van der Waals surface area contributed by atoms with Crippen molar-refractivity contribution in [1.82, 2.24) is 4.90 Å². The number of alkyl halides is 1. The van der Waals surface area contributed by atoms with E-state index in [0.29, 0.717) is 19.5 Å². The molecule has 0 saturated carbocycles. The molecule has 0 unspecified atom stereocenters. The molecule has 7 heteroatoms. The highest BCUT2D eigenvalue weighted by molar-refractivity contribution is 7.90. The van der Waals surface area contributed by atoms with E-state index in [2.05, 4.69) is 42.9 Å². The molecular formula is C26H45F2NO2S2. The van der Waals surface area contributed by atoms with E-state index < -0.39 is 22.3 Å². The third-order valence-corrected chi connectivity index (χ3v) is 4.78. The molecule has 0 aromatic carbocycles. The fraction of sp³-hybridized carbons (Fsp3) is 0.538. The SMILES string of the molecule is C#CC.C=CC.CC.CC/C=C(\C)[C@@H]1C=C(C/C=C(F)\C=C/CF)CN1CCS(C)(=O)=O.S. The van der Waals surface area contributed by atoms with E-state index in [4.69, 9.17) is 0 Å². The maximum absolute atomic E-state index is 13.5. The fourth-order valence-corrected chi connectivity index (χ4v) is 3.26. The van der Waals surface area contributed by atoms with Crippen molar-refractivity contribution in [3.05, 3.63) is 60.0 Å². The maximum Gasteiger partial charge on any atom is 0.148 e. The molecule has 1 heterocycles. The Bertz CT molecular complexity index is 762. The largest absolute Gasteiger partial charge is 0.288 e. The van der Waals surface area contributed by atoms with Gasteiger partial charge in [-0.05, 0) is 45.8 Å². The van der Waals surface area contributed by atoms with Crippen LogP contribution in [0.3, 0.4) is 0 Å². The molecule has 0 fully saturated rings. The van der Waals surface area contributed by atoms with Crippen LogP contribution in [0, 0.1) is 12.3 Å². The molecule has 0 saturated heterocycles. The number of hydrogen-bond acceptors (Lipinski definition) is 3. The van der Waals surface area contributed by atoms with E-state index in [1.165, 1.54) is 17.9 Å². The molecule has 0 radical (unpaired) electrons.